The van der Waals surface area contributed by atoms with Crippen LogP contribution in [0.25, 0.3) is 0 Å². The third-order valence-electron chi connectivity index (χ3n) is 1.57. The normalized spacial score (nSPS) is 7.23. The smallest absolute Gasteiger partial charge is 0.118 e. The average Bonchev–Trinajstić information content (AvgIpc) is 2.05. The fourth-order valence-corrected chi connectivity index (χ4v) is 0.861. The maximum absolute atomic E-state index is 5.01. The number of hydrogen-bond acceptors (Lipinski definition) is 1. The van der Waals surface area contributed by atoms with Gasteiger partial charge in [0.15, 0.2) is 0 Å². The van der Waals surface area contributed by atoms with Crippen LogP contribution in [0.2, 0.25) is 0 Å². The van der Waals surface area contributed by atoms with Gasteiger partial charge in [-0.15, -0.1) is 0 Å². The minimum absolute atomic E-state index is 0. The van der Waals surface area contributed by atoms with E-state index in [1.807, 2.05) is 12.1 Å². The lowest BCUT2D eigenvalue weighted by atomic mass is 10.2. The molecule has 78 valence electrons. The molecule has 0 unspecified atom stereocenters. The zero-order valence-corrected chi connectivity index (χ0v) is 6.42. The molecule has 0 fully saturated rings. The van der Waals surface area contributed by atoms with Crippen molar-refractivity contribution in [2.24, 2.45) is 0 Å². The zero-order valence-electron chi connectivity index (χ0n) is 6.42. The van der Waals surface area contributed by atoms with Crippen LogP contribution in [0.4, 0.5) is 0 Å². The van der Waals surface area contributed by atoms with Crippen molar-refractivity contribution >= 4 is 0 Å². The zero-order chi connectivity index (χ0) is 7.40. The van der Waals surface area contributed by atoms with Crippen LogP contribution in [0.3, 0.4) is 0 Å². The van der Waals surface area contributed by atoms with Crippen molar-refractivity contribution in [2.75, 3.05) is 7.11 Å². The van der Waals surface area contributed by atoms with Gasteiger partial charge in [-0.25, -0.2) is 0 Å². The Hall–Kier alpha value is -0.980. The van der Waals surface area contributed by atoms with E-state index in [4.69, 9.17) is 4.74 Å². The van der Waals surface area contributed by atoms with E-state index in [1.165, 1.54) is 5.56 Å². The Morgan fingerprint density at radius 2 is 1.46 bits per heavy atom. The highest BCUT2D eigenvalue weighted by atomic mass is 16.5. The van der Waals surface area contributed by atoms with E-state index in [9.17, 15) is 0 Å². The van der Waals surface area contributed by atoms with Gasteiger partial charge >= 0.3 is 0 Å². The first kappa shape index (κ1) is 17.9. The Bertz CT molecular complexity index is 166. The van der Waals surface area contributed by atoms with E-state index in [1.54, 1.807) is 7.11 Å². The Labute approximate surface area is 83.8 Å². The van der Waals surface area contributed by atoms with Gasteiger partial charge in [-0.1, -0.05) is 41.3 Å². The molecule has 0 aliphatic carbocycles. The Balaban J connectivity index is -0.000000333. The second-order valence-electron chi connectivity index (χ2n) is 2.20. The minimum Gasteiger partial charge on any atom is -0.497 e. The quantitative estimate of drug-likeness (QED) is 0.670. The molecule has 0 heterocycles. The molecule has 1 rings (SSSR count). The summed E-state index contributed by atoms with van der Waals surface area (Å²) in [4.78, 5) is 0. The first-order chi connectivity index (χ1) is 4.86. The lowest BCUT2D eigenvalue weighted by Gasteiger charge is -1.99. The van der Waals surface area contributed by atoms with Gasteiger partial charge in [0.05, 0.1) is 7.11 Å². The maximum atomic E-state index is 5.01. The third kappa shape index (κ3) is 5.29. The van der Waals surface area contributed by atoms with E-state index in [2.05, 4.69) is 19.1 Å². The van der Waals surface area contributed by atoms with Crippen LogP contribution in [0, 0.1) is 0 Å². The van der Waals surface area contributed by atoms with Gasteiger partial charge in [0, 0.05) is 0 Å². The molecule has 0 aromatic heterocycles. The van der Waals surface area contributed by atoms with Crippen molar-refractivity contribution in [2.45, 2.75) is 35.6 Å². The van der Waals surface area contributed by atoms with Crippen molar-refractivity contribution in [3.05, 3.63) is 29.8 Å². The van der Waals surface area contributed by atoms with E-state index in [0.29, 0.717) is 0 Å². The van der Waals surface area contributed by atoms with Crippen LogP contribution in [-0.2, 0) is 6.42 Å². The van der Waals surface area contributed by atoms with Gasteiger partial charge < -0.3 is 4.74 Å². The molecule has 0 atom stereocenters. The molecular formula is C12H24O. The van der Waals surface area contributed by atoms with Crippen LogP contribution < -0.4 is 4.74 Å². The molecule has 1 aromatic rings. The summed E-state index contributed by atoms with van der Waals surface area (Å²) < 4.78 is 5.01. The number of ether oxygens (including phenoxy) is 1. The molecule has 0 spiro atoms. The molecule has 0 saturated heterocycles. The number of rotatable bonds is 2. The van der Waals surface area contributed by atoms with Crippen molar-refractivity contribution < 1.29 is 4.74 Å². The van der Waals surface area contributed by atoms with Gasteiger partial charge in [-0.2, -0.15) is 0 Å². The summed E-state index contributed by atoms with van der Waals surface area (Å²) in [7, 11) is 1.68. The predicted molar refractivity (Wildman–Crippen MR) is 62.6 cm³/mol. The number of hydrogen-bond donors (Lipinski definition) is 0. The van der Waals surface area contributed by atoms with E-state index in [0.717, 1.165) is 12.2 Å². The van der Waals surface area contributed by atoms with Crippen molar-refractivity contribution in [3.8, 4) is 5.75 Å². The molecule has 0 N–H and O–H groups in total. The fourth-order valence-electron chi connectivity index (χ4n) is 0.861. The van der Waals surface area contributed by atoms with E-state index in [-0.39, 0.29) is 22.3 Å². The molecule has 0 aliphatic heterocycles. The number of aryl methyl sites for hydroxylation is 1. The highest BCUT2D eigenvalue weighted by Crippen LogP contribution is 2.10. The Morgan fingerprint density at radius 1 is 1.00 bits per heavy atom. The Kier molecular flexibility index (Phi) is 12.6. The van der Waals surface area contributed by atoms with Crippen molar-refractivity contribution in [3.63, 3.8) is 0 Å². The van der Waals surface area contributed by atoms with Crippen LogP contribution in [0.15, 0.2) is 24.3 Å². The molecular weight excluding hydrogens is 160 g/mol. The van der Waals surface area contributed by atoms with Gasteiger partial charge in [0.1, 0.15) is 5.75 Å². The summed E-state index contributed by atoms with van der Waals surface area (Å²) in [6.45, 7) is 2.14. The van der Waals surface area contributed by atoms with E-state index >= 15 is 0 Å². The topological polar surface area (TPSA) is 9.23 Å². The second-order valence-corrected chi connectivity index (χ2v) is 2.20. The fraction of sp³-hybridized carbons (Fsp3) is 0.500. The van der Waals surface area contributed by atoms with Gasteiger partial charge in [-0.05, 0) is 24.1 Å². The molecule has 0 bridgehead atoms. The predicted octanol–water partition coefficient (Wildman–Crippen LogP) is 4.17. The SMILES string of the molecule is C.C.C.CCc1ccc(OC)cc1. The maximum Gasteiger partial charge on any atom is 0.118 e. The Morgan fingerprint density at radius 3 is 1.77 bits per heavy atom. The van der Waals surface area contributed by atoms with Gasteiger partial charge in [0.2, 0.25) is 0 Å². The molecule has 1 aromatic carbocycles. The summed E-state index contributed by atoms with van der Waals surface area (Å²) in [5.74, 6) is 0.928. The van der Waals surface area contributed by atoms with Crippen LogP contribution >= 0.6 is 0 Å². The minimum atomic E-state index is 0. The highest BCUT2D eigenvalue weighted by Gasteiger charge is 1.89. The van der Waals surface area contributed by atoms with Crippen molar-refractivity contribution in [1.29, 1.82) is 0 Å². The standard InChI is InChI=1S/C9H12O.3CH4/c1-3-8-4-6-9(10-2)7-5-8;;;/h4-7H,3H2,1-2H3;3*1H4. The molecule has 1 heteroatoms. The second kappa shape index (κ2) is 9.11. The van der Waals surface area contributed by atoms with Crippen LogP contribution in [0.5, 0.6) is 5.75 Å². The first-order valence-corrected chi connectivity index (χ1v) is 3.49. The monoisotopic (exact) mass is 184 g/mol. The summed E-state index contributed by atoms with van der Waals surface area (Å²) in [6.07, 6.45) is 1.09. The molecule has 0 radical (unpaired) electrons. The summed E-state index contributed by atoms with van der Waals surface area (Å²) in [5, 5.41) is 0. The molecule has 0 aliphatic rings. The van der Waals surface area contributed by atoms with Gasteiger partial charge in [0.25, 0.3) is 0 Å². The third-order valence-corrected chi connectivity index (χ3v) is 1.57. The molecule has 1 nitrogen and oxygen atoms in total. The van der Waals surface area contributed by atoms with Crippen LogP contribution in [0.1, 0.15) is 34.8 Å². The van der Waals surface area contributed by atoms with Gasteiger partial charge in [-0.3, -0.25) is 0 Å². The lowest BCUT2D eigenvalue weighted by Crippen LogP contribution is -1.83. The van der Waals surface area contributed by atoms with Crippen molar-refractivity contribution in [1.82, 2.24) is 0 Å². The summed E-state index contributed by atoms with van der Waals surface area (Å²) in [6, 6.07) is 8.13. The molecule has 0 amide bonds. The molecule has 0 saturated carbocycles. The number of benzene rings is 1. The largest absolute Gasteiger partial charge is 0.497 e. The highest BCUT2D eigenvalue weighted by molar-refractivity contribution is 5.26. The molecule has 13 heavy (non-hydrogen) atoms. The lowest BCUT2D eigenvalue weighted by molar-refractivity contribution is 0.414. The number of methoxy groups -OCH3 is 1. The van der Waals surface area contributed by atoms with E-state index < -0.39 is 0 Å². The summed E-state index contributed by atoms with van der Waals surface area (Å²) in [5.41, 5.74) is 1.35. The van der Waals surface area contributed by atoms with Crippen LogP contribution in [-0.4, -0.2) is 7.11 Å². The average molecular weight is 184 g/mol. The first-order valence-electron chi connectivity index (χ1n) is 3.49. The summed E-state index contributed by atoms with van der Waals surface area (Å²) >= 11 is 0.